The molecule has 1 aliphatic heterocycles. The summed E-state index contributed by atoms with van der Waals surface area (Å²) in [6.07, 6.45) is 4.53. The minimum absolute atomic E-state index is 0.132. The van der Waals surface area contributed by atoms with Crippen LogP contribution in [0.25, 0.3) is 21.9 Å². The first kappa shape index (κ1) is 17.9. The zero-order valence-corrected chi connectivity index (χ0v) is 15.6. The lowest BCUT2D eigenvalue weighted by molar-refractivity contribution is -0.136. The number of aliphatic carboxylic acids is 1. The lowest BCUT2D eigenvalue weighted by Gasteiger charge is -2.21. The van der Waals surface area contributed by atoms with Gasteiger partial charge in [-0.3, -0.25) is 9.78 Å². The number of nitrogens with zero attached hydrogens (tertiary/aromatic N) is 2. The van der Waals surface area contributed by atoms with Gasteiger partial charge in [-0.25, -0.2) is 4.98 Å². The van der Waals surface area contributed by atoms with Crippen molar-refractivity contribution in [2.45, 2.75) is 45.4 Å². The number of hydrogen-bond donors (Lipinski definition) is 2. The number of carboxylic acid groups (broad SMARTS) is 1. The van der Waals surface area contributed by atoms with Gasteiger partial charge in [-0.15, -0.1) is 0 Å². The Morgan fingerprint density at radius 3 is 2.85 bits per heavy atom. The third-order valence-corrected chi connectivity index (χ3v) is 5.40. The lowest BCUT2D eigenvalue weighted by atomic mass is 9.94. The molecule has 0 unspecified atom stereocenters. The fourth-order valence-corrected chi connectivity index (χ4v) is 3.85. The number of aryl methyl sites for hydroxylation is 2. The average molecular weight is 367 g/mol. The molecule has 2 aromatic heterocycles. The van der Waals surface area contributed by atoms with Crippen LogP contribution in [0.2, 0.25) is 0 Å². The number of hydrogen-bond acceptors (Lipinski definition) is 4. The van der Waals surface area contributed by atoms with E-state index in [1.807, 2.05) is 18.2 Å². The first-order valence-corrected chi connectivity index (χ1v) is 9.73. The maximum atomic E-state index is 10.9. The van der Waals surface area contributed by atoms with Crippen LogP contribution in [-0.2, 0) is 28.8 Å². The largest absolute Gasteiger partial charge is 0.481 e. The highest BCUT2D eigenvalue weighted by Crippen LogP contribution is 2.29. The van der Waals surface area contributed by atoms with Crippen molar-refractivity contribution in [2.24, 2.45) is 5.92 Å². The number of carboxylic acids is 1. The summed E-state index contributed by atoms with van der Waals surface area (Å²) in [5.41, 5.74) is 4.98. The smallest absolute Gasteiger partial charge is 0.303 e. The van der Waals surface area contributed by atoms with Gasteiger partial charge in [0.1, 0.15) is 11.3 Å². The highest BCUT2D eigenvalue weighted by atomic mass is 16.5. The van der Waals surface area contributed by atoms with Gasteiger partial charge in [0.05, 0.1) is 16.7 Å². The summed E-state index contributed by atoms with van der Waals surface area (Å²) in [4.78, 5) is 24.1. The number of benzene rings is 1. The Balaban J connectivity index is 1.77. The third kappa shape index (κ3) is 3.81. The van der Waals surface area contributed by atoms with Gasteiger partial charge in [0, 0.05) is 31.4 Å². The van der Waals surface area contributed by atoms with E-state index in [-0.39, 0.29) is 6.42 Å². The van der Waals surface area contributed by atoms with E-state index in [2.05, 4.69) is 11.9 Å². The molecule has 0 saturated carbocycles. The normalized spacial score (nSPS) is 15.6. The van der Waals surface area contributed by atoms with E-state index in [1.54, 1.807) is 0 Å². The van der Waals surface area contributed by atoms with Gasteiger partial charge in [-0.1, -0.05) is 19.1 Å². The molecule has 4 rings (SSSR count). The molecule has 1 aliphatic rings. The minimum atomic E-state index is -0.778. The number of rotatable bonds is 6. The van der Waals surface area contributed by atoms with Gasteiger partial charge in [0.2, 0.25) is 0 Å². The fraction of sp³-hybridized carbons (Fsp3) is 0.476. The second-order valence-corrected chi connectivity index (χ2v) is 7.32. The highest BCUT2D eigenvalue weighted by Gasteiger charge is 2.19. The number of aromatic amines is 1. The molecule has 6 nitrogen and oxygen atoms in total. The van der Waals surface area contributed by atoms with E-state index in [9.17, 15) is 4.79 Å². The highest BCUT2D eigenvalue weighted by molar-refractivity contribution is 6.03. The van der Waals surface area contributed by atoms with E-state index >= 15 is 0 Å². The van der Waals surface area contributed by atoms with Crippen LogP contribution in [0.4, 0.5) is 0 Å². The van der Waals surface area contributed by atoms with Crippen LogP contribution in [-0.4, -0.2) is 39.2 Å². The number of nitrogens with one attached hydrogen (secondary N) is 1. The molecule has 1 fully saturated rings. The third-order valence-electron chi connectivity index (χ3n) is 5.40. The number of pyridine rings is 1. The Kier molecular flexibility index (Phi) is 5.07. The van der Waals surface area contributed by atoms with Crippen LogP contribution >= 0.6 is 0 Å². The number of fused-ring (bicyclic) bond motifs is 3. The SMILES string of the molecule is CCc1nc2c(CC3CCOCC3)nc3cc(CCC(=O)O)ccc3c2[nH]1. The summed E-state index contributed by atoms with van der Waals surface area (Å²) in [6, 6.07) is 6.06. The van der Waals surface area contributed by atoms with E-state index in [0.717, 1.165) is 77.9 Å². The van der Waals surface area contributed by atoms with Gasteiger partial charge in [0.15, 0.2) is 0 Å². The maximum absolute atomic E-state index is 10.9. The predicted molar refractivity (Wildman–Crippen MR) is 104 cm³/mol. The molecular formula is C21H25N3O3. The molecule has 27 heavy (non-hydrogen) atoms. The molecule has 0 aliphatic carbocycles. The maximum Gasteiger partial charge on any atom is 0.303 e. The van der Waals surface area contributed by atoms with Crippen LogP contribution < -0.4 is 0 Å². The van der Waals surface area contributed by atoms with Crippen molar-refractivity contribution in [3.8, 4) is 0 Å². The van der Waals surface area contributed by atoms with E-state index in [4.69, 9.17) is 19.8 Å². The Morgan fingerprint density at radius 2 is 2.11 bits per heavy atom. The molecule has 0 radical (unpaired) electrons. The summed E-state index contributed by atoms with van der Waals surface area (Å²) in [6.45, 7) is 3.73. The molecule has 0 bridgehead atoms. The molecule has 142 valence electrons. The second-order valence-electron chi connectivity index (χ2n) is 7.32. The summed E-state index contributed by atoms with van der Waals surface area (Å²) >= 11 is 0. The number of carbonyl (C=O) groups is 1. The average Bonchev–Trinajstić information content (AvgIpc) is 3.12. The summed E-state index contributed by atoms with van der Waals surface area (Å²) in [5, 5.41) is 9.99. The van der Waals surface area contributed by atoms with Crippen molar-refractivity contribution in [2.75, 3.05) is 13.2 Å². The molecule has 1 aromatic carbocycles. The second kappa shape index (κ2) is 7.64. The summed E-state index contributed by atoms with van der Waals surface area (Å²) in [7, 11) is 0. The molecule has 2 N–H and O–H groups in total. The molecular weight excluding hydrogens is 342 g/mol. The standard InChI is InChI=1S/C21H25N3O3/c1-2-18-23-20-15-5-3-13(4-6-19(25)26)11-16(15)22-17(21(20)24-18)12-14-7-9-27-10-8-14/h3,5,11,14H,2,4,6-10,12H2,1H3,(H,23,24)(H,25,26). The zero-order chi connectivity index (χ0) is 18.8. The van der Waals surface area contributed by atoms with Crippen molar-refractivity contribution in [1.82, 2.24) is 15.0 Å². The predicted octanol–water partition coefficient (Wildman–Crippen LogP) is 3.66. The lowest BCUT2D eigenvalue weighted by Crippen LogP contribution is -2.18. The fourth-order valence-electron chi connectivity index (χ4n) is 3.85. The Morgan fingerprint density at radius 1 is 1.30 bits per heavy atom. The Labute approximate surface area is 158 Å². The van der Waals surface area contributed by atoms with Crippen molar-refractivity contribution in [3.05, 3.63) is 35.3 Å². The first-order valence-electron chi connectivity index (χ1n) is 9.73. The van der Waals surface area contributed by atoms with Crippen LogP contribution in [0.15, 0.2) is 18.2 Å². The number of aromatic nitrogens is 3. The van der Waals surface area contributed by atoms with Gasteiger partial charge >= 0.3 is 5.97 Å². The van der Waals surface area contributed by atoms with Crippen molar-refractivity contribution >= 4 is 27.9 Å². The number of ether oxygens (including phenoxy) is 1. The van der Waals surface area contributed by atoms with Crippen molar-refractivity contribution < 1.29 is 14.6 Å². The van der Waals surface area contributed by atoms with Crippen LogP contribution in [0, 0.1) is 5.92 Å². The van der Waals surface area contributed by atoms with Crippen LogP contribution in [0.1, 0.15) is 43.3 Å². The summed E-state index contributed by atoms with van der Waals surface area (Å²) < 4.78 is 5.49. The zero-order valence-electron chi connectivity index (χ0n) is 15.6. The first-order chi connectivity index (χ1) is 13.1. The Hall–Kier alpha value is -2.47. The van der Waals surface area contributed by atoms with Gasteiger partial charge in [-0.05, 0) is 43.2 Å². The molecule has 6 heteroatoms. The Bertz CT molecular complexity index is 974. The van der Waals surface area contributed by atoms with Crippen molar-refractivity contribution in [3.63, 3.8) is 0 Å². The molecule has 0 spiro atoms. The molecule has 0 amide bonds. The van der Waals surface area contributed by atoms with Gasteiger partial charge in [0.25, 0.3) is 0 Å². The van der Waals surface area contributed by atoms with Gasteiger partial charge < -0.3 is 14.8 Å². The van der Waals surface area contributed by atoms with E-state index in [0.29, 0.717) is 12.3 Å². The van der Waals surface area contributed by atoms with Gasteiger partial charge in [-0.2, -0.15) is 0 Å². The van der Waals surface area contributed by atoms with Crippen molar-refractivity contribution in [1.29, 1.82) is 0 Å². The monoisotopic (exact) mass is 367 g/mol. The number of imidazole rings is 1. The molecule has 1 saturated heterocycles. The minimum Gasteiger partial charge on any atom is -0.481 e. The van der Waals surface area contributed by atoms with E-state index in [1.165, 1.54) is 0 Å². The van der Waals surface area contributed by atoms with Crippen LogP contribution in [0.5, 0.6) is 0 Å². The quantitative estimate of drug-likeness (QED) is 0.694. The molecule has 3 aromatic rings. The molecule has 0 atom stereocenters. The molecule has 3 heterocycles. The van der Waals surface area contributed by atoms with Crippen LogP contribution in [0.3, 0.4) is 0 Å². The summed E-state index contributed by atoms with van der Waals surface area (Å²) in [5.74, 6) is 0.770. The number of H-pyrrole nitrogens is 1. The van der Waals surface area contributed by atoms with E-state index < -0.39 is 5.97 Å². The topological polar surface area (TPSA) is 88.1 Å².